The summed E-state index contributed by atoms with van der Waals surface area (Å²) >= 11 is 5.88. The number of nitrogens with two attached hydrogens (primary N) is 1. The molecule has 0 saturated heterocycles. The van der Waals surface area contributed by atoms with Gasteiger partial charge in [-0.1, -0.05) is 23.7 Å². The first kappa shape index (κ1) is 14.5. The number of benzene rings is 1. The summed E-state index contributed by atoms with van der Waals surface area (Å²) < 4.78 is 4.33. The second kappa shape index (κ2) is 6.98. The molecule has 98 valence electrons. The highest BCUT2D eigenvalue weighted by molar-refractivity contribution is 6.30. The minimum absolute atomic E-state index is 0.0760. The third-order valence-corrected chi connectivity index (χ3v) is 2.69. The van der Waals surface area contributed by atoms with Crippen LogP contribution in [0.25, 0.3) is 0 Å². The Morgan fingerprint density at radius 3 is 2.83 bits per heavy atom. The van der Waals surface area contributed by atoms with Crippen molar-refractivity contribution in [2.75, 3.05) is 13.7 Å². The van der Waals surface area contributed by atoms with Gasteiger partial charge in [0, 0.05) is 10.6 Å². The monoisotopic (exact) mass is 271 g/mol. The zero-order valence-electron chi connectivity index (χ0n) is 10.3. The second-order valence-corrected chi connectivity index (χ2v) is 4.26. The molecule has 3 N–H and O–H groups in total. The smallest absolute Gasteiger partial charge is 0.413 e. The van der Waals surface area contributed by atoms with Crippen LogP contribution in [0, 0.1) is 0 Å². The van der Waals surface area contributed by atoms with Gasteiger partial charge in [0.1, 0.15) is 6.04 Å². The highest BCUT2D eigenvalue weighted by Crippen LogP contribution is 2.14. The van der Waals surface area contributed by atoms with Crippen LogP contribution in [0.4, 0.5) is 4.79 Å². The van der Waals surface area contributed by atoms with Gasteiger partial charge in [0.15, 0.2) is 6.54 Å². The van der Waals surface area contributed by atoms with E-state index in [-0.39, 0.29) is 12.6 Å². The van der Waals surface area contributed by atoms with Crippen LogP contribution < -0.4 is 10.6 Å². The number of carbonyl (C=O) groups is 2. The molecule has 0 aliphatic rings. The van der Waals surface area contributed by atoms with Gasteiger partial charge >= 0.3 is 6.09 Å². The molecule has 0 fully saturated rings. The zero-order chi connectivity index (χ0) is 13.5. The predicted molar refractivity (Wildman–Crippen MR) is 67.2 cm³/mol. The lowest BCUT2D eigenvalue weighted by atomic mass is 10.1. The van der Waals surface area contributed by atoms with Crippen LogP contribution >= 0.6 is 11.6 Å². The summed E-state index contributed by atoms with van der Waals surface area (Å²) in [6.45, 7) is 2.10. The van der Waals surface area contributed by atoms with Gasteiger partial charge in [-0.25, -0.2) is 4.79 Å². The van der Waals surface area contributed by atoms with Gasteiger partial charge in [-0.2, -0.15) is 0 Å². The maximum absolute atomic E-state index is 11.3. The van der Waals surface area contributed by atoms with Crippen molar-refractivity contribution in [2.45, 2.75) is 13.0 Å². The lowest BCUT2D eigenvalue weighted by Gasteiger charge is -2.10. The summed E-state index contributed by atoms with van der Waals surface area (Å²) in [5.74, 6) is -0.393. The second-order valence-electron chi connectivity index (χ2n) is 3.82. The Hall–Kier alpha value is -1.59. The number of carbonyl (C=O) groups excluding carboxylic acids is 2. The SMILES string of the molecule is COC(=O)NC(=O)C[NH2+][C@@H](C)c1cccc(Cl)c1. The van der Waals surface area contributed by atoms with Crippen molar-refractivity contribution < 1.29 is 19.6 Å². The minimum atomic E-state index is -0.746. The molecule has 1 rings (SSSR count). The molecular formula is C12H16ClN2O3+. The largest absolute Gasteiger partial charge is 0.453 e. The van der Waals surface area contributed by atoms with E-state index in [0.717, 1.165) is 5.56 Å². The molecule has 1 aromatic rings. The third kappa shape index (κ3) is 4.73. The molecule has 0 aliphatic carbocycles. The third-order valence-electron chi connectivity index (χ3n) is 2.46. The van der Waals surface area contributed by atoms with Crippen molar-refractivity contribution in [1.82, 2.24) is 5.32 Å². The number of quaternary nitrogens is 1. The van der Waals surface area contributed by atoms with Crippen LogP contribution in [0.2, 0.25) is 5.02 Å². The number of imide groups is 1. The molecule has 1 atom stereocenters. The predicted octanol–water partition coefficient (Wildman–Crippen LogP) is 0.847. The molecule has 6 heteroatoms. The van der Waals surface area contributed by atoms with Gasteiger partial charge in [0.2, 0.25) is 0 Å². The molecule has 1 aromatic carbocycles. The maximum Gasteiger partial charge on any atom is 0.413 e. The number of alkyl carbamates (subject to hydrolysis) is 1. The summed E-state index contributed by atoms with van der Waals surface area (Å²) in [7, 11) is 1.21. The summed E-state index contributed by atoms with van der Waals surface area (Å²) in [6, 6.07) is 7.51. The summed E-state index contributed by atoms with van der Waals surface area (Å²) in [4.78, 5) is 22.1. The Morgan fingerprint density at radius 2 is 2.22 bits per heavy atom. The fraction of sp³-hybridized carbons (Fsp3) is 0.333. The Balaban J connectivity index is 2.44. The van der Waals surface area contributed by atoms with Crippen molar-refractivity contribution in [3.05, 3.63) is 34.9 Å². The van der Waals surface area contributed by atoms with Crippen LogP contribution in [0.15, 0.2) is 24.3 Å². The van der Waals surface area contributed by atoms with E-state index >= 15 is 0 Å². The van der Waals surface area contributed by atoms with Crippen LogP contribution in [-0.2, 0) is 9.53 Å². The molecule has 18 heavy (non-hydrogen) atoms. The van der Waals surface area contributed by atoms with Crippen LogP contribution in [0.5, 0.6) is 0 Å². The number of amides is 2. The zero-order valence-corrected chi connectivity index (χ0v) is 11.0. The Kier molecular flexibility index (Phi) is 5.61. The summed E-state index contributed by atoms with van der Waals surface area (Å²) in [5.41, 5.74) is 1.02. The molecule has 2 amide bonds. The summed E-state index contributed by atoms with van der Waals surface area (Å²) in [6.07, 6.45) is -0.746. The van der Waals surface area contributed by atoms with Crippen molar-refractivity contribution in [3.63, 3.8) is 0 Å². The highest BCUT2D eigenvalue weighted by atomic mass is 35.5. The first-order valence-corrected chi connectivity index (χ1v) is 5.87. The lowest BCUT2D eigenvalue weighted by Crippen LogP contribution is -2.87. The van der Waals surface area contributed by atoms with Crippen LogP contribution in [-0.4, -0.2) is 25.7 Å². The molecule has 0 bridgehead atoms. The number of ether oxygens (including phenoxy) is 1. The van der Waals surface area contributed by atoms with Crippen molar-refractivity contribution >= 4 is 23.6 Å². The van der Waals surface area contributed by atoms with Crippen LogP contribution in [0.1, 0.15) is 18.5 Å². The van der Waals surface area contributed by atoms with Crippen LogP contribution in [0.3, 0.4) is 0 Å². The Bertz CT molecular complexity index is 437. The van der Waals surface area contributed by atoms with Crippen molar-refractivity contribution in [3.8, 4) is 0 Å². The number of hydrogen-bond acceptors (Lipinski definition) is 3. The van der Waals surface area contributed by atoms with E-state index in [1.54, 1.807) is 6.07 Å². The molecule has 0 aliphatic heterocycles. The molecule has 0 heterocycles. The van der Waals surface area contributed by atoms with Gasteiger partial charge in [-0.15, -0.1) is 0 Å². The fourth-order valence-corrected chi connectivity index (χ4v) is 1.62. The number of methoxy groups -OCH3 is 1. The number of halogens is 1. The van der Waals surface area contributed by atoms with Gasteiger partial charge < -0.3 is 10.1 Å². The minimum Gasteiger partial charge on any atom is -0.453 e. The van der Waals surface area contributed by atoms with E-state index in [2.05, 4.69) is 10.1 Å². The van der Waals surface area contributed by atoms with Crippen molar-refractivity contribution in [1.29, 1.82) is 0 Å². The highest BCUT2D eigenvalue weighted by Gasteiger charge is 2.13. The number of nitrogens with one attached hydrogen (secondary N) is 1. The van der Waals surface area contributed by atoms with E-state index < -0.39 is 12.0 Å². The van der Waals surface area contributed by atoms with Gasteiger partial charge in [0.05, 0.1) is 7.11 Å². The first-order valence-electron chi connectivity index (χ1n) is 5.49. The molecule has 0 saturated carbocycles. The molecule has 0 unspecified atom stereocenters. The molecule has 5 nitrogen and oxygen atoms in total. The topological polar surface area (TPSA) is 72.0 Å². The molecule has 0 radical (unpaired) electrons. The average Bonchev–Trinajstić information content (AvgIpc) is 2.35. The number of rotatable bonds is 4. The average molecular weight is 272 g/mol. The lowest BCUT2D eigenvalue weighted by molar-refractivity contribution is -0.682. The maximum atomic E-state index is 11.3. The van der Waals surface area contributed by atoms with Gasteiger partial charge in [0.25, 0.3) is 5.91 Å². The van der Waals surface area contributed by atoms with E-state index in [9.17, 15) is 9.59 Å². The van der Waals surface area contributed by atoms with E-state index in [0.29, 0.717) is 5.02 Å². The quantitative estimate of drug-likeness (QED) is 0.853. The fourth-order valence-electron chi connectivity index (χ4n) is 1.43. The molecule has 0 spiro atoms. The van der Waals surface area contributed by atoms with E-state index in [1.165, 1.54) is 7.11 Å². The first-order chi connectivity index (χ1) is 8.52. The Morgan fingerprint density at radius 1 is 1.50 bits per heavy atom. The number of hydrogen-bond donors (Lipinski definition) is 2. The Labute approximate surface area is 110 Å². The van der Waals surface area contributed by atoms with Gasteiger partial charge in [-0.3, -0.25) is 10.1 Å². The van der Waals surface area contributed by atoms with Crippen molar-refractivity contribution in [2.24, 2.45) is 0 Å². The normalized spacial score (nSPS) is 11.7. The molecular weight excluding hydrogens is 256 g/mol. The van der Waals surface area contributed by atoms with E-state index in [1.807, 2.05) is 30.4 Å². The van der Waals surface area contributed by atoms with E-state index in [4.69, 9.17) is 11.6 Å². The standard InChI is InChI=1S/C12H15ClN2O3/c1-8(9-4-3-5-10(13)6-9)14-7-11(16)15-12(17)18-2/h3-6,8,14H,7H2,1-2H3,(H,15,16,17)/p+1/t8-/m0/s1. The molecule has 0 aromatic heterocycles. The van der Waals surface area contributed by atoms with Gasteiger partial charge in [-0.05, 0) is 19.1 Å². The summed E-state index contributed by atoms with van der Waals surface area (Å²) in [5, 5.41) is 4.56.